The molecule has 3 aromatic rings. The molecule has 0 aliphatic rings. The number of carbonyl (C=O) groups excluding carboxylic acids is 1. The number of imidazole rings is 1. The number of hydrogen-bond acceptors (Lipinski definition) is 3. The first-order valence-electron chi connectivity index (χ1n) is 7.48. The van der Waals surface area contributed by atoms with Gasteiger partial charge < -0.3 is 9.88 Å². The number of hydrogen-bond donors (Lipinski definition) is 1. The number of benzene rings is 1. The van der Waals surface area contributed by atoms with Gasteiger partial charge in [-0.25, -0.2) is 9.37 Å². The van der Waals surface area contributed by atoms with E-state index in [1.165, 1.54) is 12.1 Å². The van der Waals surface area contributed by atoms with Crippen LogP contribution in [0.25, 0.3) is 11.0 Å². The summed E-state index contributed by atoms with van der Waals surface area (Å²) in [6.07, 6.45) is 0.607. The van der Waals surface area contributed by atoms with Gasteiger partial charge in [-0.3, -0.25) is 4.79 Å². The van der Waals surface area contributed by atoms with E-state index >= 15 is 0 Å². The number of thiophene rings is 1. The zero-order valence-corrected chi connectivity index (χ0v) is 13.9. The molecule has 4 nitrogen and oxygen atoms in total. The van der Waals surface area contributed by atoms with Crippen molar-refractivity contribution in [3.05, 3.63) is 52.2 Å². The van der Waals surface area contributed by atoms with Crippen molar-refractivity contribution >= 4 is 28.3 Å². The van der Waals surface area contributed by atoms with Crippen LogP contribution in [0.15, 0.2) is 35.7 Å². The van der Waals surface area contributed by atoms with Crippen molar-refractivity contribution in [3.8, 4) is 0 Å². The van der Waals surface area contributed by atoms with E-state index in [0.29, 0.717) is 13.0 Å². The van der Waals surface area contributed by atoms with Gasteiger partial charge in [-0.05, 0) is 36.6 Å². The molecule has 0 fully saturated rings. The maximum Gasteiger partial charge on any atom is 0.228 e. The van der Waals surface area contributed by atoms with Gasteiger partial charge in [0, 0.05) is 24.9 Å². The quantitative estimate of drug-likeness (QED) is 0.780. The van der Waals surface area contributed by atoms with E-state index in [2.05, 4.69) is 10.3 Å². The van der Waals surface area contributed by atoms with Gasteiger partial charge in [-0.15, -0.1) is 11.3 Å². The van der Waals surface area contributed by atoms with Crippen molar-refractivity contribution < 1.29 is 9.18 Å². The van der Waals surface area contributed by atoms with Crippen molar-refractivity contribution in [3.63, 3.8) is 0 Å². The second kappa shape index (κ2) is 6.50. The number of rotatable bonds is 5. The van der Waals surface area contributed by atoms with E-state index in [1.807, 2.05) is 36.1 Å². The molecule has 23 heavy (non-hydrogen) atoms. The number of aryl methyl sites for hydroxylation is 1. The molecule has 2 aromatic heterocycles. The van der Waals surface area contributed by atoms with Crippen molar-refractivity contribution in [2.45, 2.75) is 19.3 Å². The monoisotopic (exact) mass is 331 g/mol. The van der Waals surface area contributed by atoms with Crippen LogP contribution in [0.2, 0.25) is 0 Å². The number of fused-ring (bicyclic) bond motifs is 1. The number of aromatic nitrogens is 2. The van der Waals surface area contributed by atoms with E-state index in [4.69, 9.17) is 0 Å². The lowest BCUT2D eigenvalue weighted by atomic mass is 10.1. The Morgan fingerprint density at radius 2 is 2.26 bits per heavy atom. The Morgan fingerprint density at radius 1 is 1.43 bits per heavy atom. The van der Waals surface area contributed by atoms with Crippen molar-refractivity contribution in [1.82, 2.24) is 14.9 Å². The third-order valence-corrected chi connectivity index (χ3v) is 5.00. The van der Waals surface area contributed by atoms with Crippen LogP contribution in [0.4, 0.5) is 4.39 Å². The first-order valence-corrected chi connectivity index (χ1v) is 8.36. The minimum Gasteiger partial charge on any atom is -0.355 e. The number of nitrogens with zero attached hydrogens (tertiary/aromatic N) is 2. The summed E-state index contributed by atoms with van der Waals surface area (Å²) < 4.78 is 15.2. The molecule has 0 aliphatic heterocycles. The summed E-state index contributed by atoms with van der Waals surface area (Å²) in [5.74, 6) is 0.418. The molecule has 6 heteroatoms. The Bertz CT molecular complexity index is 826. The molecule has 0 radical (unpaired) electrons. The predicted octanol–water partition coefficient (Wildman–Crippen LogP) is 3.24. The first kappa shape index (κ1) is 15.7. The summed E-state index contributed by atoms with van der Waals surface area (Å²) >= 11 is 1.58. The van der Waals surface area contributed by atoms with Crippen LogP contribution in [0.3, 0.4) is 0 Å². The lowest BCUT2D eigenvalue weighted by Crippen LogP contribution is -2.29. The number of nitrogens with one attached hydrogen (secondary N) is 1. The third-order valence-electron chi connectivity index (χ3n) is 3.95. The Kier molecular flexibility index (Phi) is 4.43. The van der Waals surface area contributed by atoms with E-state index in [9.17, 15) is 9.18 Å². The summed E-state index contributed by atoms with van der Waals surface area (Å²) in [5.41, 5.74) is 1.53. The minimum absolute atomic E-state index is 0.0114. The smallest absolute Gasteiger partial charge is 0.228 e. The number of halogens is 1. The van der Waals surface area contributed by atoms with Crippen molar-refractivity contribution in [2.75, 3.05) is 6.54 Å². The Morgan fingerprint density at radius 3 is 3.00 bits per heavy atom. The lowest BCUT2D eigenvalue weighted by Gasteiger charge is -2.10. The molecular formula is C17H18FN3OS. The number of carbonyl (C=O) groups is 1. The zero-order valence-electron chi connectivity index (χ0n) is 13.0. The molecule has 0 spiro atoms. The fourth-order valence-corrected chi connectivity index (χ4v) is 3.34. The van der Waals surface area contributed by atoms with Crippen LogP contribution in [0, 0.1) is 5.82 Å². The molecule has 0 saturated carbocycles. The van der Waals surface area contributed by atoms with Gasteiger partial charge in [0.2, 0.25) is 5.91 Å². The molecule has 0 saturated heterocycles. The second-order valence-electron chi connectivity index (χ2n) is 5.50. The summed E-state index contributed by atoms with van der Waals surface area (Å²) in [5, 5.41) is 4.91. The molecule has 120 valence electrons. The van der Waals surface area contributed by atoms with Crippen LogP contribution in [-0.4, -0.2) is 22.0 Å². The molecule has 0 bridgehead atoms. The predicted molar refractivity (Wildman–Crippen MR) is 90.1 cm³/mol. The average Bonchev–Trinajstić information content (AvgIpc) is 3.16. The Labute approximate surface area is 138 Å². The Balaban J connectivity index is 1.62. The molecule has 0 unspecified atom stereocenters. The van der Waals surface area contributed by atoms with Gasteiger partial charge in [-0.2, -0.15) is 0 Å². The number of amides is 1. The highest BCUT2D eigenvalue weighted by Gasteiger charge is 2.16. The summed E-state index contributed by atoms with van der Waals surface area (Å²) in [7, 11) is 1.86. The zero-order chi connectivity index (χ0) is 16.4. The molecule has 1 amide bonds. The first-order chi connectivity index (χ1) is 11.1. The van der Waals surface area contributed by atoms with E-state index < -0.39 is 0 Å². The molecular weight excluding hydrogens is 313 g/mol. The van der Waals surface area contributed by atoms with Gasteiger partial charge in [-0.1, -0.05) is 6.07 Å². The molecule has 1 N–H and O–H groups in total. The SMILES string of the molecule is C[C@H](C(=O)NCCc1nc2ccc(F)cc2n1C)c1cccs1. The highest BCUT2D eigenvalue weighted by Crippen LogP contribution is 2.20. The fraction of sp³-hybridized carbons (Fsp3) is 0.294. The minimum atomic E-state index is -0.273. The van der Waals surface area contributed by atoms with Gasteiger partial charge >= 0.3 is 0 Å². The van der Waals surface area contributed by atoms with Crippen LogP contribution in [0.1, 0.15) is 23.5 Å². The topological polar surface area (TPSA) is 46.9 Å². The van der Waals surface area contributed by atoms with E-state index in [0.717, 1.165) is 21.7 Å². The van der Waals surface area contributed by atoms with E-state index in [1.54, 1.807) is 17.4 Å². The fourth-order valence-electron chi connectivity index (χ4n) is 2.55. The molecule has 1 aromatic carbocycles. The van der Waals surface area contributed by atoms with Gasteiger partial charge in [0.25, 0.3) is 0 Å². The Hall–Kier alpha value is -2.21. The molecule has 1 atom stereocenters. The van der Waals surface area contributed by atoms with Crippen LogP contribution in [-0.2, 0) is 18.3 Å². The largest absolute Gasteiger partial charge is 0.355 e. The maximum atomic E-state index is 13.3. The molecule has 3 rings (SSSR count). The summed E-state index contributed by atoms with van der Waals surface area (Å²) in [4.78, 5) is 17.7. The van der Waals surface area contributed by atoms with Crippen LogP contribution < -0.4 is 5.32 Å². The standard InChI is InChI=1S/C17H18FN3OS/c1-11(15-4-3-9-23-15)17(22)19-8-7-16-20-13-6-5-12(18)10-14(13)21(16)2/h3-6,9-11H,7-8H2,1-2H3,(H,19,22)/t11-/m0/s1. The summed E-state index contributed by atoms with van der Waals surface area (Å²) in [6.45, 7) is 2.41. The van der Waals surface area contributed by atoms with Crippen molar-refractivity contribution in [2.24, 2.45) is 7.05 Å². The average molecular weight is 331 g/mol. The van der Waals surface area contributed by atoms with Gasteiger partial charge in [0.1, 0.15) is 11.6 Å². The highest BCUT2D eigenvalue weighted by molar-refractivity contribution is 7.10. The second-order valence-corrected chi connectivity index (χ2v) is 6.48. The normalized spacial score (nSPS) is 12.5. The summed E-state index contributed by atoms with van der Waals surface area (Å²) in [6, 6.07) is 8.47. The van der Waals surface area contributed by atoms with Crippen LogP contribution >= 0.6 is 11.3 Å². The van der Waals surface area contributed by atoms with E-state index in [-0.39, 0.29) is 17.6 Å². The maximum absolute atomic E-state index is 13.3. The van der Waals surface area contributed by atoms with Crippen LogP contribution in [0.5, 0.6) is 0 Å². The molecule has 2 heterocycles. The van der Waals surface area contributed by atoms with Crippen molar-refractivity contribution in [1.29, 1.82) is 0 Å². The molecule has 0 aliphatic carbocycles. The van der Waals surface area contributed by atoms with Gasteiger partial charge in [0.15, 0.2) is 0 Å². The third kappa shape index (κ3) is 3.27. The lowest BCUT2D eigenvalue weighted by molar-refractivity contribution is -0.122. The van der Waals surface area contributed by atoms with Gasteiger partial charge in [0.05, 0.1) is 17.0 Å². The highest BCUT2D eigenvalue weighted by atomic mass is 32.1.